The SMILES string of the molecule is [C-]1=CC=CC1.[Cl-].[Cl-].[Zr+2]=[C]1CCCCCC1.c1ccc(-c2ccc3[cH-]c4ccc(-c5ccccc5)cc4c3c2)cc1. The summed E-state index contributed by atoms with van der Waals surface area (Å²) in [7, 11) is 0. The van der Waals surface area contributed by atoms with Crippen LogP contribution in [0.3, 0.4) is 0 Å². The Balaban J connectivity index is 0.000000244. The summed E-state index contributed by atoms with van der Waals surface area (Å²) in [4.78, 5) is 0. The van der Waals surface area contributed by atoms with Gasteiger partial charge in [0.1, 0.15) is 0 Å². The summed E-state index contributed by atoms with van der Waals surface area (Å²) in [5.74, 6) is 0. The smallest absolute Gasteiger partial charge is 0.0197 e. The number of halogens is 2. The van der Waals surface area contributed by atoms with Gasteiger partial charge in [-0.15, -0.1) is 46.2 Å². The van der Waals surface area contributed by atoms with Crippen molar-refractivity contribution in [1.82, 2.24) is 0 Å². The monoisotopic (exact) mass is 638 g/mol. The first kappa shape index (κ1) is 32.1. The van der Waals surface area contributed by atoms with Gasteiger partial charge in [-0.25, -0.2) is 12.2 Å². The van der Waals surface area contributed by atoms with E-state index < -0.39 is 0 Å². The predicted molar refractivity (Wildman–Crippen MR) is 162 cm³/mol. The molecule has 7 rings (SSSR count). The molecule has 0 bridgehead atoms. The molecule has 0 heterocycles. The first-order valence-corrected chi connectivity index (χ1v) is 15.0. The second-order valence-corrected chi connectivity index (χ2v) is 11.7. The van der Waals surface area contributed by atoms with Crippen LogP contribution in [0.4, 0.5) is 0 Å². The summed E-state index contributed by atoms with van der Waals surface area (Å²) in [6.45, 7) is 0. The van der Waals surface area contributed by atoms with Crippen molar-refractivity contribution >= 4 is 24.8 Å². The minimum absolute atomic E-state index is 0. The van der Waals surface area contributed by atoms with Gasteiger partial charge in [-0.2, -0.15) is 6.08 Å². The number of benzene rings is 4. The molecule has 0 saturated heterocycles. The molecule has 0 nitrogen and oxygen atoms in total. The van der Waals surface area contributed by atoms with Crippen molar-refractivity contribution in [2.24, 2.45) is 0 Å². The summed E-state index contributed by atoms with van der Waals surface area (Å²) < 4.78 is 1.81. The Labute approximate surface area is 266 Å². The van der Waals surface area contributed by atoms with Crippen molar-refractivity contribution < 1.29 is 49.0 Å². The molecule has 1 fully saturated rings. The third-order valence-corrected chi connectivity index (χ3v) is 8.44. The van der Waals surface area contributed by atoms with Crippen molar-refractivity contribution in [2.75, 3.05) is 0 Å². The minimum atomic E-state index is 0. The summed E-state index contributed by atoms with van der Waals surface area (Å²) in [5.41, 5.74) is 5.06. The Kier molecular flexibility index (Phi) is 13.4. The van der Waals surface area contributed by atoms with Crippen LogP contribution in [0, 0.1) is 6.08 Å². The molecular formula is C37H34Cl2Zr-2. The molecule has 0 aliphatic heterocycles. The fourth-order valence-corrected chi connectivity index (χ4v) is 5.98. The van der Waals surface area contributed by atoms with E-state index in [0.29, 0.717) is 0 Å². The topological polar surface area (TPSA) is 0 Å². The average Bonchev–Trinajstić information content (AvgIpc) is 3.62. The fraction of sp³-hybridized carbons (Fsp3) is 0.189. The van der Waals surface area contributed by atoms with Crippen molar-refractivity contribution in [3.63, 3.8) is 0 Å². The molecule has 40 heavy (non-hydrogen) atoms. The zero-order valence-corrected chi connectivity index (χ0v) is 26.7. The zero-order valence-electron chi connectivity index (χ0n) is 22.8. The second kappa shape index (κ2) is 16.7. The minimum Gasteiger partial charge on any atom is -0.126 e. The maximum Gasteiger partial charge on any atom is -0.0197 e. The van der Waals surface area contributed by atoms with Gasteiger partial charge in [0.05, 0.1) is 0 Å². The van der Waals surface area contributed by atoms with E-state index in [1.54, 1.807) is 24.2 Å². The largest absolute Gasteiger partial charge is 0.126 e. The molecule has 0 amide bonds. The quantitative estimate of drug-likeness (QED) is 0.198. The zero-order chi connectivity index (χ0) is 26.0. The molecule has 3 heteroatoms. The molecule has 202 valence electrons. The van der Waals surface area contributed by atoms with Gasteiger partial charge in [-0.3, -0.25) is 6.08 Å². The molecule has 0 atom stereocenters. The summed E-state index contributed by atoms with van der Waals surface area (Å²) in [6.07, 6.45) is 18.8. The van der Waals surface area contributed by atoms with Crippen molar-refractivity contribution in [2.45, 2.75) is 44.9 Å². The van der Waals surface area contributed by atoms with Gasteiger partial charge < -0.3 is 24.8 Å². The van der Waals surface area contributed by atoms with Gasteiger partial charge in [0.2, 0.25) is 0 Å². The molecule has 0 unspecified atom stereocenters. The maximum atomic E-state index is 2.99. The summed E-state index contributed by atoms with van der Waals surface area (Å²) >= 11 is 1.69. The van der Waals surface area contributed by atoms with Gasteiger partial charge in [0.15, 0.2) is 0 Å². The normalized spacial score (nSPS) is 13.8. The van der Waals surface area contributed by atoms with Crippen LogP contribution in [-0.2, 0) is 24.2 Å². The van der Waals surface area contributed by atoms with Gasteiger partial charge in [-0.1, -0.05) is 84.9 Å². The second-order valence-electron chi connectivity index (χ2n) is 10.0. The molecule has 2 aliphatic rings. The van der Waals surface area contributed by atoms with E-state index in [1.807, 2.05) is 15.4 Å². The molecule has 5 aromatic rings. The first-order valence-electron chi connectivity index (χ1n) is 13.8. The molecule has 2 aliphatic carbocycles. The Bertz CT molecular complexity index is 1430. The van der Waals surface area contributed by atoms with Crippen LogP contribution in [0.2, 0.25) is 0 Å². The molecule has 5 aromatic carbocycles. The maximum absolute atomic E-state index is 2.99. The molecule has 0 N–H and O–H groups in total. The van der Waals surface area contributed by atoms with Crippen molar-refractivity contribution in [3.05, 3.63) is 127 Å². The molecule has 0 aromatic heterocycles. The summed E-state index contributed by atoms with van der Waals surface area (Å²) in [5, 5.41) is 5.27. The number of hydrogen-bond acceptors (Lipinski definition) is 0. The standard InChI is InChI=1S/C25H17.C7H12.C5H5.2ClH.Zr/c1-3-7-18(8-4-1)20-11-13-22-15-23-14-12-21(17-25(23)24(22)16-20)19-9-5-2-6-10-19;1-2-4-6-7-5-3-1;1-2-4-5-3-1;;;/h1-17H;1-6H2;1-3H,4H2;2*1H;/q-1;;-1;;;+2/p-2. The van der Waals surface area contributed by atoms with E-state index in [2.05, 4.69) is 115 Å². The number of rotatable bonds is 2. The van der Waals surface area contributed by atoms with Gasteiger partial charge >= 0.3 is 66.0 Å². The van der Waals surface area contributed by atoms with Crippen LogP contribution >= 0.6 is 0 Å². The average molecular weight is 641 g/mol. The molecular weight excluding hydrogens is 607 g/mol. The van der Waals surface area contributed by atoms with Crippen LogP contribution in [-0.4, -0.2) is 3.21 Å². The number of fused-ring (bicyclic) bond motifs is 3. The van der Waals surface area contributed by atoms with Crippen LogP contribution < -0.4 is 24.8 Å². The van der Waals surface area contributed by atoms with E-state index in [-0.39, 0.29) is 24.8 Å². The van der Waals surface area contributed by atoms with Gasteiger partial charge in [0.25, 0.3) is 0 Å². The Hall–Kier alpha value is -2.44. The van der Waals surface area contributed by atoms with Crippen molar-refractivity contribution in [1.29, 1.82) is 0 Å². The Morgan fingerprint density at radius 2 is 1.07 bits per heavy atom. The van der Waals surface area contributed by atoms with E-state index in [1.165, 1.54) is 82.3 Å². The van der Waals surface area contributed by atoms with Crippen LogP contribution in [0.5, 0.6) is 0 Å². The van der Waals surface area contributed by atoms with Crippen LogP contribution in [0.1, 0.15) is 44.9 Å². The molecule has 0 radical (unpaired) electrons. The number of allylic oxidation sites excluding steroid dienone is 4. The Morgan fingerprint density at radius 1 is 0.575 bits per heavy atom. The fourth-order valence-electron chi connectivity index (χ4n) is 5.11. The van der Waals surface area contributed by atoms with Gasteiger partial charge in [-0.05, 0) is 22.3 Å². The van der Waals surface area contributed by atoms with Crippen LogP contribution in [0.15, 0.2) is 121 Å². The number of hydrogen-bond donors (Lipinski definition) is 0. The third-order valence-electron chi connectivity index (χ3n) is 7.21. The van der Waals surface area contributed by atoms with E-state index in [4.69, 9.17) is 0 Å². The Morgan fingerprint density at radius 3 is 1.48 bits per heavy atom. The first-order chi connectivity index (χ1) is 18.8. The van der Waals surface area contributed by atoms with Crippen molar-refractivity contribution in [3.8, 4) is 22.3 Å². The van der Waals surface area contributed by atoms with E-state index >= 15 is 0 Å². The van der Waals surface area contributed by atoms with E-state index in [9.17, 15) is 0 Å². The summed E-state index contributed by atoms with van der Waals surface area (Å²) in [6, 6.07) is 37.0. The molecule has 0 spiro atoms. The third kappa shape index (κ3) is 8.78. The van der Waals surface area contributed by atoms with E-state index in [0.717, 1.165) is 6.42 Å². The predicted octanol–water partition coefficient (Wildman–Crippen LogP) is 4.42. The van der Waals surface area contributed by atoms with Gasteiger partial charge in [0, 0.05) is 0 Å². The van der Waals surface area contributed by atoms with Crippen LogP contribution in [0.25, 0.3) is 43.8 Å². The molecule has 1 saturated carbocycles.